The summed E-state index contributed by atoms with van der Waals surface area (Å²) < 4.78 is 0. The second-order valence-electron chi connectivity index (χ2n) is 14.2. The molecular formula is C36H60. The third-order valence-corrected chi connectivity index (χ3v) is 12.8. The molecular weight excluding hydrogens is 432 g/mol. The fraction of sp³-hybridized carbons (Fsp3) is 0.833. The maximum atomic E-state index is 4.37. The van der Waals surface area contributed by atoms with E-state index in [0.717, 1.165) is 41.4 Å². The van der Waals surface area contributed by atoms with Crippen LogP contribution in [0.1, 0.15) is 132 Å². The molecule has 5 aliphatic carbocycles. The van der Waals surface area contributed by atoms with Crippen molar-refractivity contribution in [1.29, 1.82) is 0 Å². The van der Waals surface area contributed by atoms with Gasteiger partial charge in [-0.05, 0) is 141 Å². The molecule has 0 aliphatic heterocycles. The predicted octanol–water partition coefficient (Wildman–Crippen LogP) is 11.2. The van der Waals surface area contributed by atoms with Gasteiger partial charge in [-0.2, -0.15) is 0 Å². The van der Waals surface area contributed by atoms with Crippen LogP contribution in [0.5, 0.6) is 0 Å². The zero-order valence-electron chi connectivity index (χ0n) is 25.5. The maximum Gasteiger partial charge on any atom is -0.00423 e. The average molecular weight is 493 g/mol. The molecule has 0 N–H and O–H groups in total. The monoisotopic (exact) mass is 492 g/mol. The van der Waals surface area contributed by atoms with E-state index in [0.29, 0.717) is 16.7 Å². The fourth-order valence-electron chi connectivity index (χ4n) is 10.3. The summed E-state index contributed by atoms with van der Waals surface area (Å²) in [7, 11) is 0. The molecule has 0 aromatic carbocycles. The first-order valence-corrected chi connectivity index (χ1v) is 16.3. The quantitative estimate of drug-likeness (QED) is 0.323. The average Bonchev–Trinajstić information content (AvgIpc) is 3.44. The Morgan fingerprint density at radius 2 is 1.72 bits per heavy atom. The van der Waals surface area contributed by atoms with E-state index in [2.05, 4.69) is 60.3 Å². The van der Waals surface area contributed by atoms with E-state index in [9.17, 15) is 0 Å². The summed E-state index contributed by atoms with van der Waals surface area (Å²) in [5.74, 6) is 7.52. The number of hydrogen-bond acceptors (Lipinski definition) is 0. The number of hydrogen-bond donors (Lipinski definition) is 0. The van der Waals surface area contributed by atoms with Crippen LogP contribution < -0.4 is 0 Å². The highest BCUT2D eigenvalue weighted by molar-refractivity contribution is 5.39. The molecule has 0 aromatic heterocycles. The Morgan fingerprint density at radius 3 is 2.42 bits per heavy atom. The molecule has 5 rings (SSSR count). The largest absolute Gasteiger partial charge is 0.0999 e. The Bertz CT molecular complexity index is 836. The summed E-state index contributed by atoms with van der Waals surface area (Å²) in [4.78, 5) is 0. The van der Waals surface area contributed by atoms with E-state index < -0.39 is 0 Å². The third-order valence-electron chi connectivity index (χ3n) is 12.8. The minimum Gasteiger partial charge on any atom is -0.0999 e. The van der Waals surface area contributed by atoms with Crippen LogP contribution in [0.2, 0.25) is 0 Å². The van der Waals surface area contributed by atoms with Crippen LogP contribution in [-0.2, 0) is 0 Å². The van der Waals surface area contributed by atoms with E-state index in [-0.39, 0.29) is 0 Å². The van der Waals surface area contributed by atoms with Crippen LogP contribution in [0.25, 0.3) is 0 Å². The Labute approximate surface area is 225 Å². The molecule has 0 heteroatoms. The molecule has 0 spiro atoms. The van der Waals surface area contributed by atoms with Crippen molar-refractivity contribution < 1.29 is 0 Å². The van der Waals surface area contributed by atoms with Gasteiger partial charge in [-0.25, -0.2) is 0 Å². The van der Waals surface area contributed by atoms with Crippen molar-refractivity contribution in [2.24, 2.45) is 58.2 Å². The minimum absolute atomic E-state index is 0.367. The highest BCUT2D eigenvalue weighted by atomic mass is 14.6. The molecule has 0 heterocycles. The molecule has 2 unspecified atom stereocenters. The zero-order valence-corrected chi connectivity index (χ0v) is 25.5. The van der Waals surface area contributed by atoms with Crippen molar-refractivity contribution in [1.82, 2.24) is 0 Å². The van der Waals surface area contributed by atoms with Crippen molar-refractivity contribution in [3.8, 4) is 0 Å². The summed E-state index contributed by atoms with van der Waals surface area (Å²) in [6, 6.07) is 0. The SMILES string of the molecule is C=C1CC[C@H]2[C@H](CC[C@@H]3[C@@H]2CC[C@]2(C)C([C@H](C)CC4=CC(C(C)(CC)CC)=CC4C)CC[C@@H]32)C1.CC. The van der Waals surface area contributed by atoms with Crippen LogP contribution >= 0.6 is 0 Å². The van der Waals surface area contributed by atoms with Crippen LogP contribution in [0.3, 0.4) is 0 Å². The van der Waals surface area contributed by atoms with Crippen molar-refractivity contribution in [3.05, 3.63) is 35.5 Å². The van der Waals surface area contributed by atoms with Crippen molar-refractivity contribution in [3.63, 3.8) is 0 Å². The van der Waals surface area contributed by atoms with Crippen LogP contribution in [0.15, 0.2) is 35.5 Å². The minimum atomic E-state index is 0.367. The molecule has 0 saturated heterocycles. The molecule has 9 atom stereocenters. The first kappa shape index (κ1) is 28.2. The summed E-state index contributed by atoms with van der Waals surface area (Å²) in [6.45, 7) is 23.4. The molecule has 0 bridgehead atoms. The lowest BCUT2D eigenvalue weighted by Crippen LogP contribution is -2.48. The van der Waals surface area contributed by atoms with Crippen LogP contribution in [-0.4, -0.2) is 0 Å². The lowest BCUT2D eigenvalue weighted by molar-refractivity contribution is -0.0643. The second kappa shape index (κ2) is 11.1. The summed E-state index contributed by atoms with van der Waals surface area (Å²) in [6.07, 6.45) is 22.3. The van der Waals surface area contributed by atoms with E-state index in [1.54, 1.807) is 16.7 Å². The van der Waals surface area contributed by atoms with Gasteiger partial charge in [-0.3, -0.25) is 0 Å². The van der Waals surface area contributed by atoms with Gasteiger partial charge in [0.2, 0.25) is 0 Å². The first-order chi connectivity index (χ1) is 17.2. The smallest absolute Gasteiger partial charge is 0.00423 e. The van der Waals surface area contributed by atoms with Crippen molar-refractivity contribution >= 4 is 0 Å². The van der Waals surface area contributed by atoms with Gasteiger partial charge in [0.15, 0.2) is 0 Å². The highest BCUT2D eigenvalue weighted by Crippen LogP contribution is 2.66. The van der Waals surface area contributed by atoms with Crippen LogP contribution in [0, 0.1) is 58.2 Å². The van der Waals surface area contributed by atoms with Gasteiger partial charge in [0.25, 0.3) is 0 Å². The lowest BCUT2D eigenvalue weighted by Gasteiger charge is -2.56. The van der Waals surface area contributed by atoms with Gasteiger partial charge in [0.05, 0.1) is 0 Å². The Hall–Kier alpha value is -0.780. The third kappa shape index (κ3) is 4.86. The number of fused-ring (bicyclic) bond motifs is 5. The Morgan fingerprint density at radius 1 is 1.00 bits per heavy atom. The molecule has 0 amide bonds. The topological polar surface area (TPSA) is 0 Å². The van der Waals surface area contributed by atoms with E-state index in [4.69, 9.17) is 0 Å². The van der Waals surface area contributed by atoms with Gasteiger partial charge in [-0.15, -0.1) is 0 Å². The summed E-state index contributed by atoms with van der Waals surface area (Å²) in [5.41, 5.74) is 5.90. The van der Waals surface area contributed by atoms with Gasteiger partial charge in [-0.1, -0.05) is 85.3 Å². The maximum absolute atomic E-state index is 4.37. The van der Waals surface area contributed by atoms with E-state index >= 15 is 0 Å². The van der Waals surface area contributed by atoms with E-state index in [1.807, 2.05) is 13.8 Å². The second-order valence-corrected chi connectivity index (χ2v) is 14.2. The predicted molar refractivity (Wildman–Crippen MR) is 159 cm³/mol. The van der Waals surface area contributed by atoms with Gasteiger partial charge >= 0.3 is 0 Å². The first-order valence-electron chi connectivity index (χ1n) is 16.3. The normalized spacial score (nSPS) is 40.8. The Balaban J connectivity index is 0.00000148. The van der Waals surface area contributed by atoms with Gasteiger partial charge < -0.3 is 0 Å². The van der Waals surface area contributed by atoms with Crippen LogP contribution in [0.4, 0.5) is 0 Å². The molecule has 5 aliphatic rings. The van der Waals surface area contributed by atoms with Gasteiger partial charge in [0.1, 0.15) is 0 Å². The van der Waals surface area contributed by atoms with Gasteiger partial charge in [0, 0.05) is 0 Å². The summed E-state index contributed by atoms with van der Waals surface area (Å²) in [5, 5.41) is 0. The number of allylic oxidation sites excluding steroid dienone is 5. The highest BCUT2D eigenvalue weighted by Gasteiger charge is 2.57. The van der Waals surface area contributed by atoms with Crippen molar-refractivity contribution in [2.45, 2.75) is 132 Å². The molecule has 4 saturated carbocycles. The van der Waals surface area contributed by atoms with Crippen molar-refractivity contribution in [2.75, 3.05) is 0 Å². The molecule has 204 valence electrons. The molecule has 4 fully saturated rings. The standard InChI is InChI=1S/C34H54.C2H6/c1-8-33(6,9-2)27-20-23(4)26(21-27)19-24(5)31-14-15-32-30-13-11-25-18-22(3)10-12-28(25)29(30)16-17-34(31,32)7;1-2/h20-21,23-25,28-32H,3,8-19H2,1-2,4-7H3;1-2H3/t23?,24-,25-,28+,29-,30-,31?,32+,34-;/m1./s1. The fourth-order valence-corrected chi connectivity index (χ4v) is 10.3. The lowest BCUT2D eigenvalue weighted by atomic mass is 9.49. The summed E-state index contributed by atoms with van der Waals surface area (Å²) >= 11 is 0. The number of rotatable bonds is 6. The molecule has 0 nitrogen and oxygen atoms in total. The Kier molecular flexibility index (Phi) is 8.74. The molecule has 0 radical (unpaired) electrons. The molecule has 36 heavy (non-hydrogen) atoms. The molecule has 0 aromatic rings. The zero-order chi connectivity index (χ0) is 26.3. The van der Waals surface area contributed by atoms with E-state index in [1.165, 1.54) is 77.0 Å².